The van der Waals surface area contributed by atoms with Gasteiger partial charge in [-0.3, -0.25) is 34.1 Å². The van der Waals surface area contributed by atoms with Crippen LogP contribution in [0.2, 0.25) is 0 Å². The average Bonchev–Trinajstić information content (AvgIpc) is 1.44. The fourth-order valence-corrected chi connectivity index (χ4v) is 36.1. The highest BCUT2D eigenvalue weighted by Gasteiger charge is 2.82. The molecule has 4 unspecified atom stereocenters. The van der Waals surface area contributed by atoms with Crippen molar-refractivity contribution in [3.8, 4) is 57.5 Å². The number of fused-ring (bicyclic) bond motifs is 6. The molecule has 7 aromatic rings. The third-order valence-corrected chi connectivity index (χ3v) is 42.7. The first-order chi connectivity index (χ1) is 69.0. The number of H-pyrrole nitrogens is 1. The standard InChI is InChI=1S/C40H43N3O6.C25H30N2O6.C25H25NO4.C24H32Cl2N2O3.H2S/c44-25-7-5-21-13-27-39(46)15-23-24-16-40(47)28-14-22-6-8-26(45)34-30(22)38(40,10-12-43(28)18-20-3-4-20)36(49-34)32(24)41-31(23)35-37(39,29(21)33(25)48-35)9-11-42(27)17-19-1-2-19;1-32-20(30)7-6-19(29)26-16-8-9-25(31)18-12-15-4-5-17(28)22-21(15)24(25,23(16)33-22)10-11-27(18)13-14-2-3-14;1-26-9-8-24-19-14-6-7-17(27)20(19)30-22(24)21(28)23(13-25(24,29)18(26)10-14)11-15-4-2-3-5-16(15)12-23;25-8-11-27(12-9-26)17-5-6-24(30)19-13-16-3-4-18(29)21-20(16)23(24,22(17)31-21)7-10-28(19)14-15-1-2-15;/h5-8,19-20,27-28,35-36,41,44-47H,1-4,9-18H2;4-7,14,16,18,23,28,31H,2-3,8-13H2,1H3,(H,26,29);2-7,18,22,27,29H,8-13H2,1H3;3-4,15,17,19,22,29-30H,1-2,5-14H2;1H2/b;7-6+;;;/t27-,28-,35+,36?,37+,38+,39-,40-;16-,18-,23?,24+,25-;18-,22?,24+,25-;17-,19-,22?,23+,24-;/m1111./s1. The number of amides is 1. The molecule has 25 aliphatic rings. The van der Waals surface area contributed by atoms with Crippen molar-refractivity contribution in [3.05, 3.63) is 186 Å². The van der Waals surface area contributed by atoms with E-state index >= 15 is 0 Å². The minimum absolute atomic E-state index is 0. The maximum atomic E-state index is 14.1. The number of aliphatic hydroxyl groups is 5. The number of aromatic hydroxyl groups is 5. The molecule has 7 saturated carbocycles. The highest BCUT2D eigenvalue weighted by Crippen LogP contribution is 2.77. The summed E-state index contributed by atoms with van der Waals surface area (Å²) in [5, 5.41) is 122. The van der Waals surface area contributed by atoms with E-state index in [-0.39, 0.29) is 96.4 Å². The van der Waals surface area contributed by atoms with Crippen molar-refractivity contribution in [2.24, 2.45) is 29.1 Å². The summed E-state index contributed by atoms with van der Waals surface area (Å²) >= 11 is 12.3. The number of halogens is 2. The maximum absolute atomic E-state index is 14.1. The van der Waals surface area contributed by atoms with Crippen LogP contribution >= 0.6 is 36.7 Å². The lowest BCUT2D eigenvalue weighted by atomic mass is 9.44. The van der Waals surface area contributed by atoms with Gasteiger partial charge in [0.05, 0.1) is 79.6 Å². The molecule has 22 atom stereocenters. The van der Waals surface area contributed by atoms with Crippen LogP contribution in [-0.2, 0) is 104 Å². The molecular formula is C114H132Cl2N8O19S. The number of benzene rings is 6. The topological polar surface area (TPSA) is 356 Å². The van der Waals surface area contributed by atoms with E-state index in [2.05, 4.69) is 81.8 Å². The third-order valence-electron chi connectivity index (χ3n) is 42.4. The van der Waals surface area contributed by atoms with Crippen LogP contribution in [0, 0.1) is 29.1 Å². The number of ether oxygens (including phenoxy) is 6. The highest BCUT2D eigenvalue weighted by molar-refractivity contribution is 7.59. The van der Waals surface area contributed by atoms with Crippen LogP contribution in [0.1, 0.15) is 217 Å². The SMILES string of the molecule is CN1CC[C@]23c4c5ccc(O)c4OC2C(=O)C2(Cc4ccccc4C2)C[C@@]3(O)[C@H]1C5.COC(=O)/C=C/C(=O)N[C@@H]1CC[C@@]2(O)[C@H]3Cc4ccc(O)c5c4[C@@]2(CCN3CC2CC2)C1O5.Oc1ccc2c3c1OC1[C@H](N(CCCl)CCCl)CC[C@@]4(O)[C@@H](C2)N(CC2CC2)CC[C@]314.Oc1ccc2c3c1OC1c4[nH]c5c(c4C[C@@]4(O)[C@@H](C2)N(CC2CC2)CC[C@]314)C[C@@]1(O)[C@H]2Cc3ccc(O)c4c3[C@@]1(CCN2CC1CC1)[C@H]5O4.S. The van der Waals surface area contributed by atoms with Crippen molar-refractivity contribution >= 4 is 54.4 Å². The van der Waals surface area contributed by atoms with Gasteiger partial charge in [-0.25, -0.2) is 4.79 Å². The van der Waals surface area contributed by atoms with Crippen LogP contribution in [-0.4, -0.2) is 290 Å². The maximum Gasteiger partial charge on any atom is 0.330 e. The molecule has 1 aromatic heterocycles. The summed E-state index contributed by atoms with van der Waals surface area (Å²) < 4.78 is 37.8. The molecule has 6 spiro atoms. The molecule has 0 radical (unpaired) electrons. The van der Waals surface area contributed by atoms with E-state index in [1.807, 2.05) is 24.3 Å². The Kier molecular flexibility index (Phi) is 20.5. The summed E-state index contributed by atoms with van der Waals surface area (Å²) in [6.07, 6.45) is 23.1. The minimum atomic E-state index is -1.09. The van der Waals surface area contributed by atoms with Gasteiger partial charge < -0.3 is 94.7 Å². The predicted octanol–water partition coefficient (Wildman–Crippen LogP) is 10.4. The number of esters is 1. The number of Topliss-reactive ketones (excluding diaryl/α,β-unsaturated/α-hetero) is 1. The molecular weight excluding hydrogens is 1890 g/mol. The summed E-state index contributed by atoms with van der Waals surface area (Å²) in [5.41, 5.74) is 8.30. The number of likely N-dealkylation sites (N-methyl/N-ethyl adjacent to an activating group) is 1. The molecule has 1 amide bonds. The number of likely N-dealkylation sites (tertiary alicyclic amines) is 5. The molecule has 762 valence electrons. The zero-order valence-corrected chi connectivity index (χ0v) is 84.4. The molecule has 15 aliphatic carbocycles. The number of ketones is 1. The zero-order chi connectivity index (χ0) is 97.2. The van der Waals surface area contributed by atoms with E-state index in [0.717, 1.165) is 215 Å². The summed E-state index contributed by atoms with van der Waals surface area (Å²) in [6.45, 7) is 10.1. The monoisotopic (exact) mass is 2020 g/mol. The van der Waals surface area contributed by atoms with Crippen LogP contribution in [0.15, 0.2) is 97.1 Å². The van der Waals surface area contributed by atoms with Gasteiger partial charge in [0, 0.05) is 146 Å². The molecule has 30 heteroatoms. The van der Waals surface area contributed by atoms with Crippen LogP contribution in [0.4, 0.5) is 0 Å². The molecule has 6 aromatic carbocycles. The number of nitrogens with one attached hydrogen (secondary N) is 2. The van der Waals surface area contributed by atoms with E-state index in [1.165, 1.54) is 86.3 Å². The van der Waals surface area contributed by atoms with E-state index in [9.17, 15) is 65.4 Å². The van der Waals surface area contributed by atoms with E-state index in [1.54, 1.807) is 30.3 Å². The van der Waals surface area contributed by atoms with Gasteiger partial charge in [-0.05, 0) is 304 Å². The number of methoxy groups -OCH3 is 1. The van der Waals surface area contributed by atoms with Crippen molar-refractivity contribution in [2.75, 3.05) is 97.9 Å². The summed E-state index contributed by atoms with van der Waals surface area (Å²) in [4.78, 5) is 56.8. The predicted molar refractivity (Wildman–Crippen MR) is 537 cm³/mol. The van der Waals surface area contributed by atoms with Crippen LogP contribution in [0.5, 0.6) is 57.5 Å². The Labute approximate surface area is 854 Å². The number of nitrogens with zero attached hydrogens (tertiary/aromatic N) is 6. The second-order valence-corrected chi connectivity index (χ2v) is 49.4. The number of phenolic OH excluding ortho intramolecular Hbond substituents is 5. The molecule has 10 aliphatic heterocycles. The smallest absolute Gasteiger partial charge is 0.330 e. The third kappa shape index (κ3) is 12.0. The van der Waals surface area contributed by atoms with E-state index < -0.39 is 96.8 Å². The number of carbonyl (C=O) groups is 3. The van der Waals surface area contributed by atoms with Crippen LogP contribution in [0.3, 0.4) is 0 Å². The van der Waals surface area contributed by atoms with E-state index in [0.29, 0.717) is 117 Å². The van der Waals surface area contributed by atoms with Gasteiger partial charge in [-0.15, -0.1) is 23.2 Å². The molecule has 10 bridgehead atoms. The minimum Gasteiger partial charge on any atom is -0.504 e. The highest BCUT2D eigenvalue weighted by atomic mass is 35.5. The Bertz CT molecular complexity index is 6470. The van der Waals surface area contributed by atoms with Crippen molar-refractivity contribution in [3.63, 3.8) is 0 Å². The summed E-state index contributed by atoms with van der Waals surface area (Å²) in [7, 11) is 3.34. The molecule has 32 rings (SSSR count). The lowest BCUT2D eigenvalue weighted by molar-refractivity contribution is -0.206. The number of phenols is 5. The second-order valence-electron chi connectivity index (χ2n) is 48.6. The largest absolute Gasteiger partial charge is 0.504 e. The van der Waals surface area contributed by atoms with Gasteiger partial charge in [0.25, 0.3) is 0 Å². The first kappa shape index (κ1) is 92.8. The van der Waals surface area contributed by atoms with Gasteiger partial charge in [0.15, 0.2) is 81.6 Å². The van der Waals surface area contributed by atoms with Crippen molar-refractivity contribution in [1.29, 1.82) is 0 Å². The fraction of sp³-hybridized carbons (Fsp3) is 0.605. The quantitative estimate of drug-likeness (QED) is 0.0243. The Balaban J connectivity index is 0.0000000955. The number of piperidine rings is 5. The Morgan fingerprint density at radius 1 is 0.438 bits per heavy atom. The molecule has 12 fully saturated rings. The molecule has 11 heterocycles. The van der Waals surface area contributed by atoms with Gasteiger partial charge in [-0.2, -0.15) is 13.5 Å². The van der Waals surface area contributed by atoms with E-state index in [4.69, 9.17) is 46.9 Å². The number of alkyl halides is 2. The zero-order valence-electron chi connectivity index (χ0n) is 81.8. The lowest BCUT2D eigenvalue weighted by Gasteiger charge is -2.65. The van der Waals surface area contributed by atoms with Crippen LogP contribution < -0.4 is 29.0 Å². The molecule has 27 nitrogen and oxygen atoms in total. The molecule has 144 heavy (non-hydrogen) atoms. The van der Waals surface area contributed by atoms with Crippen molar-refractivity contribution < 1.29 is 93.9 Å². The summed E-state index contributed by atoms with van der Waals surface area (Å²) in [5.74, 6) is 6.33. The average molecular weight is 2020 g/mol. The lowest BCUT2D eigenvalue weighted by Crippen LogP contribution is -2.79. The number of hydrogen-bond acceptors (Lipinski definition) is 25. The van der Waals surface area contributed by atoms with Gasteiger partial charge in [-0.1, -0.05) is 54.6 Å². The van der Waals surface area contributed by atoms with Gasteiger partial charge >= 0.3 is 5.97 Å². The summed E-state index contributed by atoms with van der Waals surface area (Å²) in [6, 6.07) is 26.8. The number of carbonyl (C=O) groups excluding carboxylic acids is 3. The number of rotatable bonds is 16. The second kappa shape index (κ2) is 31.8. The number of aromatic nitrogens is 1. The van der Waals surface area contributed by atoms with Gasteiger partial charge in [0.2, 0.25) is 5.91 Å². The Morgan fingerprint density at radius 3 is 1.23 bits per heavy atom. The van der Waals surface area contributed by atoms with Crippen LogP contribution in [0.25, 0.3) is 0 Å². The number of hydrogen-bond donors (Lipinski definition) is 12. The Morgan fingerprint density at radius 2 is 0.806 bits per heavy atom. The first-order valence-corrected chi connectivity index (χ1v) is 54.8. The van der Waals surface area contributed by atoms with Crippen molar-refractivity contribution in [2.45, 2.75) is 301 Å². The number of aromatic amines is 1. The first-order valence-electron chi connectivity index (χ1n) is 53.7. The van der Waals surface area contributed by atoms with Crippen molar-refractivity contribution in [1.82, 2.24) is 39.7 Å². The fourth-order valence-electron chi connectivity index (χ4n) is 35.7. The normalized spacial score (nSPS) is 38.3. The Hall–Kier alpha value is -8.56. The molecule has 5 saturated heterocycles. The van der Waals surface area contributed by atoms with Gasteiger partial charge in [0.1, 0.15) is 12.2 Å². The molecule has 12 N–H and O–H groups in total.